The third-order valence-corrected chi connectivity index (χ3v) is 4.85. The van der Waals surface area contributed by atoms with Gasteiger partial charge in [0.05, 0.1) is 31.1 Å². The molecule has 24 heavy (non-hydrogen) atoms. The van der Waals surface area contributed by atoms with Crippen molar-refractivity contribution in [1.29, 1.82) is 0 Å². The zero-order chi connectivity index (χ0) is 17.2. The van der Waals surface area contributed by atoms with Gasteiger partial charge in [-0.05, 0) is 19.3 Å². The van der Waals surface area contributed by atoms with Gasteiger partial charge in [0.2, 0.25) is 0 Å². The molecule has 2 fully saturated rings. The van der Waals surface area contributed by atoms with Crippen LogP contribution in [0.25, 0.3) is 0 Å². The minimum atomic E-state index is -0.178. The molecule has 1 amide bonds. The summed E-state index contributed by atoms with van der Waals surface area (Å²) in [6.07, 6.45) is 5.53. The molecule has 0 aromatic carbocycles. The molecule has 1 aliphatic carbocycles. The molecule has 2 N–H and O–H groups in total. The first-order valence-corrected chi connectivity index (χ1v) is 8.58. The van der Waals surface area contributed by atoms with Crippen LogP contribution in [0.15, 0.2) is 12.3 Å². The van der Waals surface area contributed by atoms with Crippen molar-refractivity contribution in [2.75, 3.05) is 44.0 Å². The molecule has 1 saturated heterocycles. The van der Waals surface area contributed by atoms with Crippen molar-refractivity contribution in [2.45, 2.75) is 38.1 Å². The zero-order valence-corrected chi connectivity index (χ0v) is 14.5. The van der Waals surface area contributed by atoms with Crippen molar-refractivity contribution in [3.63, 3.8) is 0 Å². The fourth-order valence-corrected chi connectivity index (χ4v) is 3.27. The Balaban J connectivity index is 1.69. The predicted octanol–water partition coefficient (Wildman–Crippen LogP) is 2.26. The van der Waals surface area contributed by atoms with Gasteiger partial charge in [0, 0.05) is 25.7 Å². The van der Waals surface area contributed by atoms with Crippen molar-refractivity contribution in [2.24, 2.45) is 0 Å². The number of hydrogen-bond donors (Lipinski definition) is 1. The molecule has 1 saturated carbocycles. The summed E-state index contributed by atoms with van der Waals surface area (Å²) in [5, 5.41) is 0. The first-order chi connectivity index (χ1) is 11.6. The highest BCUT2D eigenvalue weighted by molar-refractivity contribution is 5.71. The molecule has 1 spiro atoms. The quantitative estimate of drug-likeness (QED) is 0.832. The van der Waals surface area contributed by atoms with E-state index < -0.39 is 0 Å². The van der Waals surface area contributed by atoms with E-state index in [1.165, 1.54) is 0 Å². The van der Waals surface area contributed by atoms with Crippen LogP contribution in [0.1, 0.15) is 32.6 Å². The number of aromatic nitrogens is 1. The summed E-state index contributed by atoms with van der Waals surface area (Å²) in [4.78, 5) is 20.7. The number of anilines is 2. The lowest BCUT2D eigenvalue weighted by Gasteiger charge is -2.42. The number of methoxy groups -OCH3 is 1. The standard InChI is InChI=1S/C17H26N4O3/c1-3-4-9-24-16(22)21-8-7-20(12-17(21)5-6-17)13-11-19-15(18)10-14(13)23-2/h10-11H,3-9,12H2,1-2H3,(H2,18,19). The molecular weight excluding hydrogens is 308 g/mol. The Bertz CT molecular complexity index is 603. The van der Waals surface area contributed by atoms with Crippen LogP contribution >= 0.6 is 0 Å². The van der Waals surface area contributed by atoms with E-state index in [0.29, 0.717) is 19.0 Å². The van der Waals surface area contributed by atoms with Crippen LogP contribution in [0.5, 0.6) is 5.75 Å². The Morgan fingerprint density at radius 1 is 1.42 bits per heavy atom. The van der Waals surface area contributed by atoms with E-state index in [1.54, 1.807) is 19.4 Å². The van der Waals surface area contributed by atoms with Crippen molar-refractivity contribution >= 4 is 17.6 Å². The number of carbonyl (C=O) groups excluding carboxylic acids is 1. The first kappa shape index (κ1) is 16.7. The average Bonchev–Trinajstić information content (AvgIpc) is 3.34. The highest BCUT2D eigenvalue weighted by Gasteiger charge is 2.54. The lowest BCUT2D eigenvalue weighted by atomic mass is 10.1. The molecule has 0 radical (unpaired) electrons. The van der Waals surface area contributed by atoms with Crippen LogP contribution in [0.3, 0.4) is 0 Å². The third kappa shape index (κ3) is 3.20. The predicted molar refractivity (Wildman–Crippen MR) is 92.3 cm³/mol. The summed E-state index contributed by atoms with van der Waals surface area (Å²) in [7, 11) is 1.63. The summed E-state index contributed by atoms with van der Waals surface area (Å²) >= 11 is 0. The molecule has 132 valence electrons. The topological polar surface area (TPSA) is 80.9 Å². The van der Waals surface area contributed by atoms with E-state index in [1.807, 2.05) is 4.90 Å². The van der Waals surface area contributed by atoms with Gasteiger partial charge in [-0.3, -0.25) is 4.90 Å². The van der Waals surface area contributed by atoms with E-state index in [0.717, 1.165) is 50.2 Å². The van der Waals surface area contributed by atoms with Crippen LogP contribution in [-0.2, 0) is 4.74 Å². The van der Waals surface area contributed by atoms with Gasteiger partial charge in [-0.1, -0.05) is 13.3 Å². The molecule has 0 unspecified atom stereocenters. The van der Waals surface area contributed by atoms with Crippen LogP contribution < -0.4 is 15.4 Å². The average molecular weight is 334 g/mol. The number of unbranched alkanes of at least 4 members (excludes halogenated alkanes) is 1. The molecule has 7 heteroatoms. The molecule has 1 aliphatic heterocycles. The fraction of sp³-hybridized carbons (Fsp3) is 0.647. The number of nitrogens with zero attached hydrogens (tertiary/aromatic N) is 3. The van der Waals surface area contributed by atoms with Crippen LogP contribution in [0.2, 0.25) is 0 Å². The molecule has 1 aromatic heterocycles. The summed E-state index contributed by atoms with van der Waals surface area (Å²) < 4.78 is 10.9. The van der Waals surface area contributed by atoms with Crippen LogP contribution in [-0.4, -0.2) is 54.9 Å². The second-order valence-electron chi connectivity index (χ2n) is 6.55. The summed E-state index contributed by atoms with van der Waals surface area (Å²) in [5.41, 5.74) is 6.56. The number of carbonyl (C=O) groups is 1. The van der Waals surface area contributed by atoms with Gasteiger partial charge in [-0.25, -0.2) is 9.78 Å². The van der Waals surface area contributed by atoms with Gasteiger partial charge in [0.25, 0.3) is 0 Å². The number of nitrogens with two attached hydrogens (primary N) is 1. The van der Waals surface area contributed by atoms with E-state index in [2.05, 4.69) is 16.8 Å². The fourth-order valence-electron chi connectivity index (χ4n) is 3.27. The number of amides is 1. The number of piperazine rings is 1. The van der Waals surface area contributed by atoms with E-state index in [-0.39, 0.29) is 11.6 Å². The monoisotopic (exact) mass is 334 g/mol. The van der Waals surface area contributed by atoms with Gasteiger partial charge < -0.3 is 20.1 Å². The Kier molecular flexibility index (Phi) is 4.69. The number of pyridine rings is 1. The van der Waals surface area contributed by atoms with E-state index >= 15 is 0 Å². The van der Waals surface area contributed by atoms with Crippen molar-refractivity contribution in [3.05, 3.63) is 12.3 Å². The molecule has 0 atom stereocenters. The molecule has 2 aliphatic rings. The largest absolute Gasteiger partial charge is 0.494 e. The maximum absolute atomic E-state index is 12.4. The third-order valence-electron chi connectivity index (χ3n) is 4.85. The Morgan fingerprint density at radius 3 is 2.88 bits per heavy atom. The second kappa shape index (κ2) is 6.75. The van der Waals surface area contributed by atoms with E-state index in [9.17, 15) is 4.79 Å². The lowest BCUT2D eigenvalue weighted by Crippen LogP contribution is -2.57. The smallest absolute Gasteiger partial charge is 0.410 e. The number of rotatable bonds is 5. The Morgan fingerprint density at radius 2 is 2.21 bits per heavy atom. The summed E-state index contributed by atoms with van der Waals surface area (Å²) in [5.74, 6) is 1.16. The van der Waals surface area contributed by atoms with Crippen LogP contribution in [0.4, 0.5) is 16.3 Å². The van der Waals surface area contributed by atoms with E-state index in [4.69, 9.17) is 15.2 Å². The Hall–Kier alpha value is -2.18. The number of hydrogen-bond acceptors (Lipinski definition) is 6. The lowest BCUT2D eigenvalue weighted by molar-refractivity contribution is 0.0744. The molecule has 0 bridgehead atoms. The van der Waals surface area contributed by atoms with Crippen molar-refractivity contribution in [1.82, 2.24) is 9.88 Å². The van der Waals surface area contributed by atoms with Crippen molar-refractivity contribution < 1.29 is 14.3 Å². The molecule has 2 heterocycles. The zero-order valence-electron chi connectivity index (χ0n) is 14.5. The number of nitrogen functional groups attached to an aromatic ring is 1. The highest BCUT2D eigenvalue weighted by atomic mass is 16.6. The SMILES string of the molecule is CCCCOC(=O)N1CCN(c2cnc(N)cc2OC)CC12CC2. The maximum Gasteiger partial charge on any atom is 0.410 e. The summed E-state index contributed by atoms with van der Waals surface area (Å²) in [6, 6.07) is 1.74. The van der Waals surface area contributed by atoms with Gasteiger partial charge in [-0.15, -0.1) is 0 Å². The van der Waals surface area contributed by atoms with Crippen LogP contribution in [0, 0.1) is 0 Å². The normalized spacial score (nSPS) is 18.6. The summed E-state index contributed by atoms with van der Waals surface area (Å²) in [6.45, 7) is 4.74. The van der Waals surface area contributed by atoms with Gasteiger partial charge in [0.1, 0.15) is 11.6 Å². The first-order valence-electron chi connectivity index (χ1n) is 8.58. The second-order valence-corrected chi connectivity index (χ2v) is 6.55. The minimum absolute atomic E-state index is 0.103. The van der Waals surface area contributed by atoms with Gasteiger partial charge in [-0.2, -0.15) is 0 Å². The molecule has 3 rings (SSSR count). The highest BCUT2D eigenvalue weighted by Crippen LogP contribution is 2.46. The molecule has 1 aromatic rings. The van der Waals surface area contributed by atoms with Crippen molar-refractivity contribution in [3.8, 4) is 5.75 Å². The Labute approximate surface area is 142 Å². The van der Waals surface area contributed by atoms with Gasteiger partial charge >= 0.3 is 6.09 Å². The number of ether oxygens (including phenoxy) is 2. The molecule has 7 nitrogen and oxygen atoms in total. The minimum Gasteiger partial charge on any atom is -0.494 e. The maximum atomic E-state index is 12.4. The molecular formula is C17H26N4O3. The van der Waals surface area contributed by atoms with Gasteiger partial charge in [0.15, 0.2) is 0 Å².